The first-order chi connectivity index (χ1) is 13.4. The SMILES string of the molecule is CC/C=C\C/C=C\C[C@@H](O)[C@H]1C[C@@H](O)[C@H](/C=C/[C@@H](O)C/C=C\CCC(=O)O)O1. The molecule has 1 aliphatic heterocycles. The second-order valence-electron chi connectivity index (χ2n) is 6.92. The number of aliphatic hydroxyl groups excluding tert-OH is 3. The van der Waals surface area contributed by atoms with Crippen molar-refractivity contribution in [1.82, 2.24) is 0 Å². The van der Waals surface area contributed by atoms with Gasteiger partial charge in [0, 0.05) is 12.8 Å². The number of carboxylic acids is 1. The van der Waals surface area contributed by atoms with E-state index in [0.717, 1.165) is 12.8 Å². The predicted molar refractivity (Wildman–Crippen MR) is 109 cm³/mol. The summed E-state index contributed by atoms with van der Waals surface area (Å²) in [6.07, 6.45) is 15.1. The lowest BCUT2D eigenvalue weighted by molar-refractivity contribution is -0.136. The molecule has 1 rings (SSSR count). The number of allylic oxidation sites excluding steroid dienone is 4. The van der Waals surface area contributed by atoms with Gasteiger partial charge in [-0.1, -0.05) is 55.5 Å². The van der Waals surface area contributed by atoms with E-state index in [9.17, 15) is 20.1 Å². The van der Waals surface area contributed by atoms with Crippen LogP contribution in [0.15, 0.2) is 48.6 Å². The van der Waals surface area contributed by atoms with Crippen LogP contribution in [0.3, 0.4) is 0 Å². The first-order valence-corrected chi connectivity index (χ1v) is 9.98. The van der Waals surface area contributed by atoms with Crippen LogP contribution in [0.2, 0.25) is 0 Å². The Bertz CT molecular complexity index is 551. The number of aliphatic hydroxyl groups is 3. The van der Waals surface area contributed by atoms with Crippen molar-refractivity contribution in [2.75, 3.05) is 0 Å². The third-order valence-electron chi connectivity index (χ3n) is 4.42. The van der Waals surface area contributed by atoms with Crippen molar-refractivity contribution in [3.05, 3.63) is 48.6 Å². The molecule has 5 atom stereocenters. The van der Waals surface area contributed by atoms with E-state index < -0.39 is 36.5 Å². The Morgan fingerprint density at radius 3 is 2.54 bits per heavy atom. The molecule has 0 aromatic heterocycles. The molecule has 1 fully saturated rings. The molecule has 158 valence electrons. The number of carboxylic acid groups (broad SMARTS) is 1. The number of rotatable bonds is 13. The van der Waals surface area contributed by atoms with Crippen LogP contribution in [0.5, 0.6) is 0 Å². The third kappa shape index (κ3) is 10.6. The molecule has 6 heteroatoms. The van der Waals surface area contributed by atoms with Crippen molar-refractivity contribution in [1.29, 1.82) is 0 Å². The summed E-state index contributed by atoms with van der Waals surface area (Å²) >= 11 is 0. The topological polar surface area (TPSA) is 107 Å². The van der Waals surface area contributed by atoms with Crippen LogP contribution in [-0.2, 0) is 9.53 Å². The first kappa shape index (κ1) is 24.3. The van der Waals surface area contributed by atoms with Crippen LogP contribution in [0.1, 0.15) is 51.9 Å². The van der Waals surface area contributed by atoms with Crippen molar-refractivity contribution >= 4 is 5.97 Å². The Kier molecular flexibility index (Phi) is 12.4. The van der Waals surface area contributed by atoms with Gasteiger partial charge in [-0.05, 0) is 32.1 Å². The van der Waals surface area contributed by atoms with Gasteiger partial charge in [-0.3, -0.25) is 4.79 Å². The normalized spacial score (nSPS) is 25.5. The average molecular weight is 395 g/mol. The molecule has 0 amide bonds. The van der Waals surface area contributed by atoms with Crippen molar-refractivity contribution in [2.45, 2.75) is 82.4 Å². The molecular formula is C22H34O6. The summed E-state index contributed by atoms with van der Waals surface area (Å²) in [6.45, 7) is 2.08. The highest BCUT2D eigenvalue weighted by Crippen LogP contribution is 2.25. The molecule has 1 heterocycles. The summed E-state index contributed by atoms with van der Waals surface area (Å²) in [4.78, 5) is 10.4. The van der Waals surface area contributed by atoms with Crippen molar-refractivity contribution in [3.63, 3.8) is 0 Å². The number of hydrogen-bond donors (Lipinski definition) is 4. The molecule has 0 saturated carbocycles. The first-order valence-electron chi connectivity index (χ1n) is 9.98. The van der Waals surface area contributed by atoms with Gasteiger partial charge in [0.25, 0.3) is 0 Å². The molecule has 0 bridgehead atoms. The lowest BCUT2D eigenvalue weighted by Crippen LogP contribution is -2.25. The Labute approximate surface area is 167 Å². The van der Waals surface area contributed by atoms with Crippen molar-refractivity contribution in [2.24, 2.45) is 0 Å². The highest BCUT2D eigenvalue weighted by atomic mass is 16.5. The Hall–Kier alpha value is -1.73. The molecule has 4 N–H and O–H groups in total. The van der Waals surface area contributed by atoms with Gasteiger partial charge in [0.05, 0.1) is 24.4 Å². The number of ether oxygens (including phenoxy) is 1. The van der Waals surface area contributed by atoms with Gasteiger partial charge in [0.2, 0.25) is 0 Å². The van der Waals surface area contributed by atoms with Crippen LogP contribution >= 0.6 is 0 Å². The largest absolute Gasteiger partial charge is 0.481 e. The van der Waals surface area contributed by atoms with E-state index in [1.807, 2.05) is 12.2 Å². The summed E-state index contributed by atoms with van der Waals surface area (Å²) < 4.78 is 5.72. The number of carbonyl (C=O) groups is 1. The lowest BCUT2D eigenvalue weighted by atomic mass is 10.0. The van der Waals surface area contributed by atoms with Crippen LogP contribution < -0.4 is 0 Å². The molecule has 28 heavy (non-hydrogen) atoms. The van der Waals surface area contributed by atoms with E-state index >= 15 is 0 Å². The fourth-order valence-corrected chi connectivity index (χ4v) is 2.84. The van der Waals surface area contributed by atoms with Gasteiger partial charge < -0.3 is 25.2 Å². The highest BCUT2D eigenvalue weighted by Gasteiger charge is 2.35. The van der Waals surface area contributed by atoms with Gasteiger partial charge in [0.1, 0.15) is 6.10 Å². The second kappa shape index (κ2) is 14.3. The van der Waals surface area contributed by atoms with Gasteiger partial charge in [-0.25, -0.2) is 0 Å². The summed E-state index contributed by atoms with van der Waals surface area (Å²) in [5.41, 5.74) is 0. The predicted octanol–water partition coefficient (Wildman–Crippen LogP) is 2.90. The Morgan fingerprint density at radius 2 is 1.82 bits per heavy atom. The minimum atomic E-state index is -0.849. The molecule has 0 unspecified atom stereocenters. The molecule has 0 aliphatic carbocycles. The zero-order valence-electron chi connectivity index (χ0n) is 16.6. The van der Waals surface area contributed by atoms with E-state index in [0.29, 0.717) is 25.7 Å². The molecular weight excluding hydrogens is 360 g/mol. The van der Waals surface area contributed by atoms with E-state index in [1.54, 1.807) is 24.3 Å². The molecule has 0 spiro atoms. The molecule has 1 aliphatic rings. The van der Waals surface area contributed by atoms with Crippen LogP contribution in [0.25, 0.3) is 0 Å². The van der Waals surface area contributed by atoms with Crippen molar-refractivity contribution < 1.29 is 30.0 Å². The van der Waals surface area contributed by atoms with Crippen LogP contribution in [-0.4, -0.2) is 56.9 Å². The monoisotopic (exact) mass is 394 g/mol. The minimum Gasteiger partial charge on any atom is -0.481 e. The van der Waals surface area contributed by atoms with E-state index in [1.165, 1.54) is 0 Å². The zero-order valence-corrected chi connectivity index (χ0v) is 16.6. The maximum absolute atomic E-state index is 10.4. The average Bonchev–Trinajstić information content (AvgIpc) is 3.03. The number of hydrogen-bond acceptors (Lipinski definition) is 5. The third-order valence-corrected chi connectivity index (χ3v) is 4.42. The quantitative estimate of drug-likeness (QED) is 0.358. The maximum Gasteiger partial charge on any atom is 0.303 e. The molecule has 0 aromatic rings. The van der Waals surface area contributed by atoms with E-state index in [-0.39, 0.29) is 6.42 Å². The van der Waals surface area contributed by atoms with Gasteiger partial charge >= 0.3 is 5.97 Å². The Morgan fingerprint density at radius 1 is 1.11 bits per heavy atom. The maximum atomic E-state index is 10.4. The summed E-state index contributed by atoms with van der Waals surface area (Å²) in [5.74, 6) is -0.849. The molecule has 6 nitrogen and oxygen atoms in total. The molecule has 1 saturated heterocycles. The smallest absolute Gasteiger partial charge is 0.303 e. The molecule has 0 radical (unpaired) electrons. The number of aliphatic carboxylic acids is 1. The fraction of sp³-hybridized carbons (Fsp3) is 0.591. The zero-order chi connectivity index (χ0) is 20.8. The van der Waals surface area contributed by atoms with E-state index in [4.69, 9.17) is 9.84 Å². The molecule has 0 aromatic carbocycles. The summed E-state index contributed by atoms with van der Waals surface area (Å²) in [7, 11) is 0. The minimum absolute atomic E-state index is 0.0683. The fourth-order valence-electron chi connectivity index (χ4n) is 2.84. The summed E-state index contributed by atoms with van der Waals surface area (Å²) in [6, 6.07) is 0. The summed E-state index contributed by atoms with van der Waals surface area (Å²) in [5, 5.41) is 38.8. The lowest BCUT2D eigenvalue weighted by Gasteiger charge is -2.16. The second-order valence-corrected chi connectivity index (χ2v) is 6.92. The highest BCUT2D eigenvalue weighted by molar-refractivity contribution is 5.66. The van der Waals surface area contributed by atoms with Gasteiger partial charge in [-0.15, -0.1) is 0 Å². The van der Waals surface area contributed by atoms with Crippen molar-refractivity contribution in [3.8, 4) is 0 Å². The van der Waals surface area contributed by atoms with Crippen LogP contribution in [0.4, 0.5) is 0 Å². The standard InChI is InChI=1S/C22H34O6/c1-2-3-4-5-6-9-12-18(24)21-16-19(25)20(28-21)15-14-17(23)11-8-7-10-13-22(26)27/h3-4,6-9,14-15,17-21,23-25H,2,5,10-13,16H2,1H3,(H,26,27)/b4-3-,8-7-,9-6-,15-14+/t17-,18+,19+,20-,21+/m0/s1. The van der Waals surface area contributed by atoms with Gasteiger partial charge in [-0.2, -0.15) is 0 Å². The Balaban J connectivity index is 2.34. The van der Waals surface area contributed by atoms with Gasteiger partial charge in [0.15, 0.2) is 0 Å². The van der Waals surface area contributed by atoms with E-state index in [2.05, 4.69) is 19.1 Å². The van der Waals surface area contributed by atoms with Crippen LogP contribution in [0, 0.1) is 0 Å².